The normalized spacial score (nSPS) is 18.2. The van der Waals surface area contributed by atoms with Crippen LogP contribution >= 0.6 is 0 Å². The highest BCUT2D eigenvalue weighted by atomic mass is 16.7. The number of anilines is 1. The van der Waals surface area contributed by atoms with E-state index < -0.39 is 0 Å². The summed E-state index contributed by atoms with van der Waals surface area (Å²) in [5.74, 6) is 2.53. The fraction of sp³-hybridized carbons (Fsp3) is 0.400. The first-order chi connectivity index (χ1) is 12.6. The highest BCUT2D eigenvalue weighted by molar-refractivity contribution is 5.80. The van der Waals surface area contributed by atoms with Gasteiger partial charge in [-0.2, -0.15) is 0 Å². The highest BCUT2D eigenvalue weighted by Crippen LogP contribution is 2.35. The molecule has 1 saturated heterocycles. The minimum atomic E-state index is 0.123. The van der Waals surface area contributed by atoms with Crippen LogP contribution in [0.2, 0.25) is 0 Å². The van der Waals surface area contributed by atoms with Gasteiger partial charge in [0.25, 0.3) is 0 Å². The monoisotopic (exact) mass is 353 g/mol. The van der Waals surface area contributed by atoms with Gasteiger partial charge >= 0.3 is 0 Å². The molecule has 0 bridgehead atoms. The minimum Gasteiger partial charge on any atom is -0.454 e. The van der Waals surface area contributed by atoms with E-state index in [2.05, 4.69) is 11.1 Å². The van der Waals surface area contributed by atoms with Crippen LogP contribution < -0.4 is 14.4 Å². The average molecular weight is 353 g/mol. The molecule has 6 nitrogen and oxygen atoms in total. The Hall–Kier alpha value is -2.76. The maximum Gasteiger partial charge on any atom is 0.231 e. The molecular weight excluding hydrogens is 330 g/mol. The second-order valence-corrected chi connectivity index (χ2v) is 6.95. The van der Waals surface area contributed by atoms with E-state index in [1.165, 1.54) is 0 Å². The summed E-state index contributed by atoms with van der Waals surface area (Å²) in [6, 6.07) is 9.94. The molecule has 1 atom stereocenters. The van der Waals surface area contributed by atoms with Gasteiger partial charge in [-0.3, -0.25) is 4.79 Å². The molecule has 1 aromatic heterocycles. The van der Waals surface area contributed by atoms with Crippen molar-refractivity contribution in [1.82, 2.24) is 9.88 Å². The Morgan fingerprint density at radius 1 is 1.23 bits per heavy atom. The zero-order valence-electron chi connectivity index (χ0n) is 15.1. The van der Waals surface area contributed by atoms with Crippen molar-refractivity contribution in [1.29, 1.82) is 0 Å². The van der Waals surface area contributed by atoms with E-state index in [4.69, 9.17) is 9.47 Å². The van der Waals surface area contributed by atoms with Crippen LogP contribution in [0.4, 0.5) is 5.82 Å². The van der Waals surface area contributed by atoms with E-state index >= 15 is 0 Å². The average Bonchev–Trinajstić information content (AvgIpc) is 3.30. The Labute approximate surface area is 153 Å². The molecule has 2 aliphatic rings. The van der Waals surface area contributed by atoms with Crippen LogP contribution in [0.1, 0.15) is 30.0 Å². The summed E-state index contributed by atoms with van der Waals surface area (Å²) in [4.78, 5) is 21.3. The number of aromatic nitrogens is 1. The van der Waals surface area contributed by atoms with Gasteiger partial charge in [0.05, 0.1) is 12.5 Å². The third-order valence-corrected chi connectivity index (χ3v) is 4.98. The smallest absolute Gasteiger partial charge is 0.231 e. The lowest BCUT2D eigenvalue weighted by Crippen LogP contribution is -2.32. The van der Waals surface area contributed by atoms with Crippen molar-refractivity contribution < 1.29 is 14.3 Å². The maximum absolute atomic E-state index is 12.9. The molecule has 0 unspecified atom stereocenters. The number of nitrogens with zero attached hydrogens (tertiary/aromatic N) is 3. The van der Waals surface area contributed by atoms with Gasteiger partial charge in [0.1, 0.15) is 5.82 Å². The molecule has 3 heterocycles. The minimum absolute atomic E-state index is 0.123. The maximum atomic E-state index is 12.9. The van der Waals surface area contributed by atoms with Crippen LogP contribution in [0.15, 0.2) is 36.5 Å². The van der Waals surface area contributed by atoms with E-state index in [9.17, 15) is 4.79 Å². The fourth-order valence-corrected chi connectivity index (χ4v) is 3.62. The molecule has 2 aliphatic heterocycles. The van der Waals surface area contributed by atoms with Crippen molar-refractivity contribution in [3.05, 3.63) is 47.7 Å². The zero-order chi connectivity index (χ0) is 18.1. The Kier molecular flexibility index (Phi) is 4.41. The number of hydrogen-bond acceptors (Lipinski definition) is 5. The summed E-state index contributed by atoms with van der Waals surface area (Å²) in [6.45, 7) is 1.05. The first-order valence-corrected chi connectivity index (χ1v) is 8.93. The quantitative estimate of drug-likeness (QED) is 0.846. The number of ether oxygens (including phenoxy) is 2. The predicted molar refractivity (Wildman–Crippen MR) is 98.5 cm³/mol. The molecule has 0 saturated carbocycles. The van der Waals surface area contributed by atoms with Gasteiger partial charge in [0.2, 0.25) is 12.7 Å². The van der Waals surface area contributed by atoms with Crippen molar-refractivity contribution in [3.63, 3.8) is 0 Å². The Morgan fingerprint density at radius 3 is 2.92 bits per heavy atom. The summed E-state index contributed by atoms with van der Waals surface area (Å²) < 4.78 is 10.7. The van der Waals surface area contributed by atoms with Gasteiger partial charge in [-0.1, -0.05) is 6.07 Å². The molecular formula is C20H23N3O3. The van der Waals surface area contributed by atoms with Gasteiger partial charge in [-0.15, -0.1) is 0 Å². The van der Waals surface area contributed by atoms with E-state index in [1.54, 1.807) is 0 Å². The van der Waals surface area contributed by atoms with E-state index in [0.717, 1.165) is 47.8 Å². The van der Waals surface area contributed by atoms with Gasteiger partial charge in [0.15, 0.2) is 11.5 Å². The van der Waals surface area contributed by atoms with Gasteiger partial charge in [0, 0.05) is 26.8 Å². The molecule has 0 N–H and O–H groups in total. The van der Waals surface area contributed by atoms with Gasteiger partial charge in [-0.25, -0.2) is 4.98 Å². The number of pyridine rings is 1. The van der Waals surface area contributed by atoms with E-state index in [1.807, 2.05) is 54.4 Å². The lowest BCUT2D eigenvalue weighted by Gasteiger charge is -2.26. The molecule has 0 spiro atoms. The summed E-state index contributed by atoms with van der Waals surface area (Å²) >= 11 is 0. The summed E-state index contributed by atoms with van der Waals surface area (Å²) in [5, 5.41) is 0. The number of benzene rings is 1. The standard InChI is InChI=1S/C20H23N3O3/c1-22(2)19-12-15(7-8-21-19)16-4-3-9-23(16)20(24)11-14-5-6-17-18(10-14)26-13-25-17/h5-8,10,12,16H,3-4,9,11,13H2,1-2H3/t16-/m1/s1. The van der Waals surface area contributed by atoms with Crippen LogP contribution in [0.3, 0.4) is 0 Å². The lowest BCUT2D eigenvalue weighted by atomic mass is 10.0. The Balaban J connectivity index is 1.51. The first-order valence-electron chi connectivity index (χ1n) is 8.93. The summed E-state index contributed by atoms with van der Waals surface area (Å²) in [5.41, 5.74) is 2.11. The topological polar surface area (TPSA) is 54.9 Å². The second-order valence-electron chi connectivity index (χ2n) is 6.95. The summed E-state index contributed by atoms with van der Waals surface area (Å²) in [6.07, 6.45) is 4.21. The van der Waals surface area contributed by atoms with E-state index in [0.29, 0.717) is 6.42 Å². The third kappa shape index (κ3) is 3.19. The molecule has 1 fully saturated rings. The van der Waals surface area contributed by atoms with Crippen LogP contribution in [-0.2, 0) is 11.2 Å². The number of hydrogen-bond donors (Lipinski definition) is 0. The van der Waals surface area contributed by atoms with Crippen LogP contribution in [0, 0.1) is 0 Å². The predicted octanol–water partition coefficient (Wildman–Crippen LogP) is 2.78. The van der Waals surface area contributed by atoms with Crippen molar-refractivity contribution >= 4 is 11.7 Å². The SMILES string of the molecule is CN(C)c1cc([C@H]2CCCN2C(=O)Cc2ccc3c(c2)OCO3)ccn1. The van der Waals surface area contributed by atoms with Crippen molar-refractivity contribution in [3.8, 4) is 11.5 Å². The zero-order valence-corrected chi connectivity index (χ0v) is 15.1. The van der Waals surface area contributed by atoms with Crippen LogP contribution in [0.25, 0.3) is 0 Å². The molecule has 1 aromatic carbocycles. The lowest BCUT2D eigenvalue weighted by molar-refractivity contribution is -0.131. The molecule has 0 radical (unpaired) electrons. The Morgan fingerprint density at radius 2 is 2.08 bits per heavy atom. The molecule has 0 aliphatic carbocycles. The van der Waals surface area contributed by atoms with Crippen molar-refractivity contribution in [2.45, 2.75) is 25.3 Å². The van der Waals surface area contributed by atoms with Crippen molar-refractivity contribution in [2.75, 3.05) is 32.3 Å². The van der Waals surface area contributed by atoms with Gasteiger partial charge in [-0.05, 0) is 48.2 Å². The summed E-state index contributed by atoms with van der Waals surface area (Å²) in [7, 11) is 3.95. The number of fused-ring (bicyclic) bond motifs is 1. The van der Waals surface area contributed by atoms with Crippen LogP contribution in [0.5, 0.6) is 11.5 Å². The highest BCUT2D eigenvalue weighted by Gasteiger charge is 2.30. The van der Waals surface area contributed by atoms with Crippen LogP contribution in [-0.4, -0.2) is 43.2 Å². The number of rotatable bonds is 4. The molecule has 6 heteroatoms. The second kappa shape index (κ2) is 6.86. The number of likely N-dealkylation sites (tertiary alicyclic amines) is 1. The number of carbonyl (C=O) groups excluding carboxylic acids is 1. The molecule has 4 rings (SSSR count). The van der Waals surface area contributed by atoms with E-state index in [-0.39, 0.29) is 18.7 Å². The molecule has 2 aromatic rings. The molecule has 26 heavy (non-hydrogen) atoms. The third-order valence-electron chi connectivity index (χ3n) is 4.98. The fourth-order valence-electron chi connectivity index (χ4n) is 3.62. The van der Waals surface area contributed by atoms with Crippen molar-refractivity contribution in [2.24, 2.45) is 0 Å². The number of amides is 1. The Bertz CT molecular complexity index is 822. The molecule has 136 valence electrons. The first kappa shape index (κ1) is 16.7. The molecule has 1 amide bonds. The largest absolute Gasteiger partial charge is 0.454 e. The number of carbonyl (C=O) groups is 1. The van der Waals surface area contributed by atoms with Gasteiger partial charge < -0.3 is 19.3 Å².